The first-order valence-electron chi connectivity index (χ1n) is 23.9. The summed E-state index contributed by atoms with van der Waals surface area (Å²) in [5.74, 6) is 1.84. The smallest absolute Gasteiger partial charge is 0.186 e. The molecule has 0 aromatic heterocycles. The van der Waals surface area contributed by atoms with Crippen molar-refractivity contribution in [3.8, 4) is 17.2 Å². The number of azide groups is 4. The Labute approximate surface area is 429 Å². The second-order valence-corrected chi connectivity index (χ2v) is 17.7. The normalized spacial score (nSPS) is 31.2. The zero-order valence-electron chi connectivity index (χ0n) is 41.0. The number of nitrogens with zero attached hydrogens (tertiary/aromatic N) is 12. The fourth-order valence-corrected chi connectivity index (χ4v) is 9.40. The van der Waals surface area contributed by atoms with E-state index in [-0.39, 0.29) is 39.4 Å². The van der Waals surface area contributed by atoms with Crippen LogP contribution in [0.4, 0.5) is 0 Å². The molecule has 0 radical (unpaired) electrons. The molecule has 0 amide bonds. The fourth-order valence-electron chi connectivity index (χ4n) is 9.40. The lowest BCUT2D eigenvalue weighted by Crippen LogP contribution is -2.66. The largest absolute Gasteiger partial charge is 0.497 e. The topological polar surface area (TPSA) is 346 Å². The fraction of sp³-hybridized carbons (Fsp3) is 0.510. The summed E-state index contributed by atoms with van der Waals surface area (Å²) in [5, 5.41) is 40.6. The van der Waals surface area contributed by atoms with Crippen molar-refractivity contribution in [2.45, 2.75) is 124 Å². The highest BCUT2D eigenvalue weighted by molar-refractivity contribution is 5.29. The molecule has 3 saturated heterocycles. The van der Waals surface area contributed by atoms with E-state index in [0.29, 0.717) is 33.9 Å². The molecule has 0 unspecified atom stereocenters. The molecule has 4 aliphatic rings. The van der Waals surface area contributed by atoms with Gasteiger partial charge in [-0.25, -0.2) is 0 Å². The molecule has 4 fully saturated rings. The van der Waals surface area contributed by atoms with E-state index >= 15 is 0 Å². The van der Waals surface area contributed by atoms with Crippen LogP contribution in [0.3, 0.4) is 0 Å². The van der Waals surface area contributed by atoms with Crippen LogP contribution < -0.4 is 14.2 Å². The van der Waals surface area contributed by atoms with Gasteiger partial charge in [-0.1, -0.05) is 87.2 Å². The highest BCUT2D eigenvalue weighted by Crippen LogP contribution is 2.41. The van der Waals surface area contributed by atoms with Crippen molar-refractivity contribution in [3.63, 3.8) is 0 Å². The van der Waals surface area contributed by atoms with Crippen LogP contribution in [0.2, 0.25) is 0 Å². The van der Waals surface area contributed by atoms with Crippen molar-refractivity contribution < 1.29 is 67.1 Å². The molecule has 3 aliphatic heterocycles. The molecule has 3 heterocycles. The van der Waals surface area contributed by atoms with Crippen molar-refractivity contribution in [1.29, 1.82) is 0 Å². The lowest BCUT2D eigenvalue weighted by Gasteiger charge is -2.50. The van der Waals surface area contributed by atoms with Gasteiger partial charge >= 0.3 is 0 Å². The number of aliphatic hydroxyl groups excluding tert-OH is 2. The average molecular weight is 1040 g/mol. The molecular weight excluding hydrogens is 981 g/mol. The van der Waals surface area contributed by atoms with Gasteiger partial charge in [-0.3, -0.25) is 0 Å². The van der Waals surface area contributed by atoms with Gasteiger partial charge < -0.3 is 67.1 Å². The van der Waals surface area contributed by atoms with Gasteiger partial charge in [0.25, 0.3) is 0 Å². The van der Waals surface area contributed by atoms with E-state index in [4.69, 9.17) is 56.8 Å². The van der Waals surface area contributed by atoms with E-state index in [1.165, 1.54) is 0 Å². The Balaban J connectivity index is 1.09. The summed E-state index contributed by atoms with van der Waals surface area (Å²) < 4.78 is 73.9. The first-order chi connectivity index (χ1) is 36.7. The number of hydrogen-bond acceptors (Lipinski definition) is 18. The molecule has 4 aromatic rings. The Morgan fingerprint density at radius 1 is 0.547 bits per heavy atom. The van der Waals surface area contributed by atoms with Gasteiger partial charge in [0, 0.05) is 25.2 Å². The van der Waals surface area contributed by atoms with Crippen LogP contribution in [-0.4, -0.2) is 136 Å². The predicted molar refractivity (Wildman–Crippen MR) is 261 cm³/mol. The predicted octanol–water partition coefficient (Wildman–Crippen LogP) is 7.58. The standard InChI is InChI=1S/C49H56N12O14/c1-64-31-15-9-27(10-16-31)23-67-44-36(22-54-58-50)71-48(40(63)46(44)69-25-29-13-19-33(66-3)20-14-29)73-41-34(55-59-51)21-35(56-60-52)42(39(41)62)74-49-45(68-24-28-11-17-32(65-2)18-12-28)38(57-61-53)43-37(72-49)26-70-47(75-43)30-7-5-4-6-8-30/h4-20,34-49,62-63H,21-26H2,1-3H3/t34-,35+,36+,37+,38-,39-,40+,41+,42-,43+,44+,45+,46+,47-,48+,49+/m0/s1. The van der Waals surface area contributed by atoms with Crippen LogP contribution >= 0.6 is 0 Å². The number of ether oxygens (including phenoxy) is 12. The SMILES string of the molecule is COc1ccc(CO[C@@H]2[C@@H](O)[C@@H](O[C@H]3[C@H](O)[C@@H](O[C@H]4O[C@@H]5CO[C@H](c6ccccc6)O[C@H]5[C@H](N=[N+]=[N-])[C@H]4OCc4ccc(OC)cc4)[C@H](N=[N+]=[N-])C[C@@H]3N=[N+]=[N-])O[C@H](CN=[N+]=[N-])[C@H]2OCc2ccc(OC)cc2)cc1. The third-order valence-corrected chi connectivity index (χ3v) is 13.2. The van der Waals surface area contributed by atoms with Crippen molar-refractivity contribution >= 4 is 0 Å². The van der Waals surface area contributed by atoms with Gasteiger partial charge in [-0.15, -0.1) is 0 Å². The number of methoxy groups -OCH3 is 3. The van der Waals surface area contributed by atoms with Crippen LogP contribution in [0.1, 0.15) is 35.0 Å². The second-order valence-electron chi connectivity index (χ2n) is 17.7. The first-order valence-corrected chi connectivity index (χ1v) is 23.9. The zero-order valence-corrected chi connectivity index (χ0v) is 41.0. The van der Waals surface area contributed by atoms with Crippen molar-refractivity contribution in [2.75, 3.05) is 34.5 Å². The van der Waals surface area contributed by atoms with E-state index in [1.807, 2.05) is 30.3 Å². The highest BCUT2D eigenvalue weighted by Gasteiger charge is 2.56. The van der Waals surface area contributed by atoms with Gasteiger partial charge in [0.1, 0.15) is 60.0 Å². The Kier molecular flexibility index (Phi) is 19.2. The quantitative estimate of drug-likeness (QED) is 0.0435. The van der Waals surface area contributed by atoms with E-state index < -0.39 is 98.0 Å². The maximum absolute atomic E-state index is 12.5. The number of benzene rings is 4. The van der Waals surface area contributed by atoms with E-state index in [0.717, 1.165) is 5.56 Å². The second kappa shape index (κ2) is 26.5. The van der Waals surface area contributed by atoms with Crippen molar-refractivity contribution in [3.05, 3.63) is 167 Å². The summed E-state index contributed by atoms with van der Waals surface area (Å²) in [4.78, 5) is 12.1. The summed E-state index contributed by atoms with van der Waals surface area (Å²) in [5.41, 5.74) is 42.0. The summed E-state index contributed by atoms with van der Waals surface area (Å²) in [6.07, 6.45) is -17.4. The minimum atomic E-state index is -1.83. The molecule has 16 atom stereocenters. The summed E-state index contributed by atoms with van der Waals surface area (Å²) in [6, 6.07) is 26.7. The molecule has 0 bridgehead atoms. The summed E-state index contributed by atoms with van der Waals surface area (Å²) in [6.45, 7) is -0.458. The maximum atomic E-state index is 12.5. The van der Waals surface area contributed by atoms with Gasteiger partial charge in [0.15, 0.2) is 18.9 Å². The first kappa shape index (κ1) is 54.3. The molecule has 8 rings (SSSR count). The van der Waals surface area contributed by atoms with Gasteiger partial charge in [-0.05, 0) is 81.6 Å². The monoisotopic (exact) mass is 1040 g/mol. The van der Waals surface area contributed by atoms with Gasteiger partial charge in [0.2, 0.25) is 0 Å². The number of fused-ring (bicyclic) bond motifs is 1. The Hall–Kier alpha value is -6.92. The van der Waals surface area contributed by atoms with Crippen molar-refractivity contribution in [1.82, 2.24) is 0 Å². The molecule has 2 N–H and O–H groups in total. The number of hydrogen-bond donors (Lipinski definition) is 2. The number of aliphatic hydroxyl groups is 2. The molecule has 1 aliphatic carbocycles. The average Bonchev–Trinajstić information content (AvgIpc) is 3.45. The summed E-state index contributed by atoms with van der Waals surface area (Å²) >= 11 is 0. The Bertz CT molecular complexity index is 2660. The van der Waals surface area contributed by atoms with E-state index in [1.54, 1.807) is 94.1 Å². The molecule has 0 spiro atoms. The molecule has 26 nitrogen and oxygen atoms in total. The maximum Gasteiger partial charge on any atom is 0.186 e. The Morgan fingerprint density at radius 3 is 1.56 bits per heavy atom. The van der Waals surface area contributed by atoms with Gasteiger partial charge in [0.05, 0.1) is 90.7 Å². The highest BCUT2D eigenvalue weighted by atomic mass is 16.8. The molecule has 396 valence electrons. The lowest BCUT2D eigenvalue weighted by atomic mass is 9.84. The van der Waals surface area contributed by atoms with E-state index in [2.05, 4.69) is 40.1 Å². The van der Waals surface area contributed by atoms with Crippen LogP contribution in [-0.2, 0) is 62.5 Å². The van der Waals surface area contributed by atoms with Crippen LogP contribution in [0.5, 0.6) is 17.2 Å². The molecular formula is C49H56N12O14. The molecule has 75 heavy (non-hydrogen) atoms. The van der Waals surface area contributed by atoms with Gasteiger partial charge in [-0.2, -0.15) is 0 Å². The van der Waals surface area contributed by atoms with E-state index in [9.17, 15) is 32.3 Å². The third kappa shape index (κ3) is 13.3. The third-order valence-electron chi connectivity index (χ3n) is 13.2. The minimum Gasteiger partial charge on any atom is -0.497 e. The minimum absolute atomic E-state index is 0.00752. The lowest BCUT2D eigenvalue weighted by molar-refractivity contribution is -0.363. The zero-order chi connectivity index (χ0) is 52.7. The molecule has 1 saturated carbocycles. The van der Waals surface area contributed by atoms with Crippen LogP contribution in [0, 0.1) is 0 Å². The van der Waals surface area contributed by atoms with Crippen LogP contribution in [0.15, 0.2) is 124 Å². The molecule has 4 aromatic carbocycles. The Morgan fingerprint density at radius 2 is 1.05 bits per heavy atom. The van der Waals surface area contributed by atoms with Crippen molar-refractivity contribution in [2.24, 2.45) is 20.5 Å². The van der Waals surface area contributed by atoms with Crippen LogP contribution in [0.25, 0.3) is 41.8 Å². The summed E-state index contributed by atoms with van der Waals surface area (Å²) in [7, 11) is 4.63. The molecule has 26 heteroatoms. The number of rotatable bonds is 22.